The van der Waals surface area contributed by atoms with Crippen molar-refractivity contribution in [1.29, 1.82) is 0 Å². The number of halogens is 1. The monoisotopic (exact) mass is 442 g/mol. The summed E-state index contributed by atoms with van der Waals surface area (Å²) < 4.78 is 63.5. The van der Waals surface area contributed by atoms with Gasteiger partial charge in [-0.3, -0.25) is 8.51 Å². The number of fused-ring (bicyclic) bond motifs is 1. The molecule has 0 radical (unpaired) electrons. The number of aryl methyl sites for hydroxylation is 1. The molecule has 0 saturated heterocycles. The summed E-state index contributed by atoms with van der Waals surface area (Å²) >= 11 is -1.87. The van der Waals surface area contributed by atoms with Crippen LogP contribution in [0.5, 0.6) is 0 Å². The SMILES string of the molecule is Cc1c(N(c2ccc(C(=O)O)cc2S(C)(=O)=O)S(=O)[O-])sc2ccc(F)cc12. The lowest BCUT2D eigenvalue weighted by Gasteiger charge is -2.27. The van der Waals surface area contributed by atoms with Gasteiger partial charge < -0.3 is 9.66 Å². The fourth-order valence-electron chi connectivity index (χ4n) is 2.74. The van der Waals surface area contributed by atoms with E-state index in [0.717, 1.165) is 40.1 Å². The van der Waals surface area contributed by atoms with Crippen LogP contribution in [0.4, 0.5) is 15.1 Å². The van der Waals surface area contributed by atoms with E-state index >= 15 is 0 Å². The van der Waals surface area contributed by atoms with Crippen LogP contribution in [0.1, 0.15) is 15.9 Å². The van der Waals surface area contributed by atoms with Crippen molar-refractivity contribution < 1.29 is 31.5 Å². The van der Waals surface area contributed by atoms with Crippen molar-refractivity contribution in [2.75, 3.05) is 10.6 Å². The molecule has 1 unspecified atom stereocenters. The van der Waals surface area contributed by atoms with Crippen LogP contribution in [0.2, 0.25) is 0 Å². The lowest BCUT2D eigenvalue weighted by atomic mass is 10.1. The van der Waals surface area contributed by atoms with Crippen LogP contribution in [0.15, 0.2) is 41.3 Å². The van der Waals surface area contributed by atoms with Gasteiger partial charge in [-0.2, -0.15) is 0 Å². The molecular weight excluding hydrogens is 429 g/mol. The largest absolute Gasteiger partial charge is 0.755 e. The molecule has 1 N–H and O–H groups in total. The van der Waals surface area contributed by atoms with Gasteiger partial charge in [-0.15, -0.1) is 11.3 Å². The fourth-order valence-corrected chi connectivity index (χ4v) is 5.68. The van der Waals surface area contributed by atoms with Gasteiger partial charge in [0, 0.05) is 16.3 Å². The van der Waals surface area contributed by atoms with E-state index in [1.54, 1.807) is 6.92 Å². The summed E-state index contributed by atoms with van der Waals surface area (Å²) in [6.45, 7) is 1.60. The van der Waals surface area contributed by atoms with E-state index in [1.165, 1.54) is 18.2 Å². The molecular formula is C17H13FNO6S3-. The van der Waals surface area contributed by atoms with E-state index in [-0.39, 0.29) is 16.3 Å². The molecule has 3 rings (SSSR count). The zero-order chi connectivity index (χ0) is 20.8. The van der Waals surface area contributed by atoms with Crippen LogP contribution in [0, 0.1) is 12.7 Å². The number of thiophene rings is 1. The minimum Gasteiger partial charge on any atom is -0.755 e. The molecule has 7 nitrogen and oxygen atoms in total. The predicted octanol–water partition coefficient (Wildman–Crippen LogP) is 3.38. The number of benzene rings is 2. The van der Waals surface area contributed by atoms with Gasteiger partial charge in [0.1, 0.15) is 10.8 Å². The summed E-state index contributed by atoms with van der Waals surface area (Å²) in [6.07, 6.45) is 0.858. The average Bonchev–Trinajstić information content (AvgIpc) is 2.90. The maximum atomic E-state index is 13.6. The van der Waals surface area contributed by atoms with Gasteiger partial charge in [-0.25, -0.2) is 17.6 Å². The predicted molar refractivity (Wildman–Crippen MR) is 104 cm³/mol. The van der Waals surface area contributed by atoms with Crippen LogP contribution in [0.3, 0.4) is 0 Å². The molecule has 0 fully saturated rings. The molecule has 0 aliphatic rings. The van der Waals surface area contributed by atoms with Crippen molar-refractivity contribution in [3.05, 3.63) is 53.3 Å². The maximum absolute atomic E-state index is 13.6. The third-order valence-electron chi connectivity index (χ3n) is 4.03. The number of rotatable bonds is 5. The summed E-state index contributed by atoms with van der Waals surface area (Å²) in [6, 6.07) is 7.16. The molecule has 28 heavy (non-hydrogen) atoms. The van der Waals surface area contributed by atoms with Crippen molar-refractivity contribution in [3.8, 4) is 0 Å². The van der Waals surface area contributed by atoms with Crippen molar-refractivity contribution in [2.24, 2.45) is 0 Å². The van der Waals surface area contributed by atoms with E-state index in [2.05, 4.69) is 0 Å². The second kappa shape index (κ2) is 7.24. The summed E-state index contributed by atoms with van der Waals surface area (Å²) in [4.78, 5) is 10.8. The van der Waals surface area contributed by atoms with Gasteiger partial charge in [0.2, 0.25) is 0 Å². The first-order chi connectivity index (χ1) is 13.0. The lowest BCUT2D eigenvalue weighted by molar-refractivity contribution is 0.0696. The summed E-state index contributed by atoms with van der Waals surface area (Å²) in [5.74, 6) is -1.84. The zero-order valence-corrected chi connectivity index (χ0v) is 17.0. The first kappa shape index (κ1) is 20.4. The number of carboxylic acid groups (broad SMARTS) is 1. The number of carbonyl (C=O) groups is 1. The van der Waals surface area contributed by atoms with Crippen LogP contribution in [-0.4, -0.2) is 34.5 Å². The maximum Gasteiger partial charge on any atom is 0.335 e. The molecule has 0 aliphatic heterocycles. The second-order valence-electron chi connectivity index (χ2n) is 5.94. The average molecular weight is 442 g/mol. The van der Waals surface area contributed by atoms with E-state index in [1.807, 2.05) is 0 Å². The van der Waals surface area contributed by atoms with Crippen molar-refractivity contribution in [1.82, 2.24) is 0 Å². The Morgan fingerprint density at radius 2 is 1.93 bits per heavy atom. The first-order valence-electron chi connectivity index (χ1n) is 7.66. The molecule has 1 heterocycles. The van der Waals surface area contributed by atoms with E-state index in [4.69, 9.17) is 5.11 Å². The molecule has 1 aromatic heterocycles. The smallest absolute Gasteiger partial charge is 0.335 e. The van der Waals surface area contributed by atoms with Crippen molar-refractivity contribution in [3.63, 3.8) is 0 Å². The molecule has 0 aliphatic carbocycles. The van der Waals surface area contributed by atoms with E-state index in [0.29, 0.717) is 15.6 Å². The summed E-state index contributed by atoms with van der Waals surface area (Å²) in [7, 11) is -3.96. The Kier molecular flexibility index (Phi) is 5.28. The summed E-state index contributed by atoms with van der Waals surface area (Å²) in [5, 5.41) is 9.81. The number of carboxylic acids is 1. The van der Waals surface area contributed by atoms with Crippen LogP contribution in [-0.2, 0) is 21.1 Å². The first-order valence-corrected chi connectivity index (χ1v) is 11.4. The zero-order valence-electron chi connectivity index (χ0n) is 14.5. The molecule has 0 spiro atoms. The standard InChI is InChI=1S/C17H14FNO6S3/c1-9-12-8-11(18)4-6-14(12)26-16(9)19(27(22)23)13-5-3-10(17(20)21)7-15(13)28(2,24)25/h3-8H,1-2H3,(H,20,21)(H,22,23)/p-1. The minimum absolute atomic E-state index is 0.182. The molecule has 0 bridgehead atoms. The quantitative estimate of drug-likeness (QED) is 0.606. The summed E-state index contributed by atoms with van der Waals surface area (Å²) in [5.41, 5.74) is -0.0580. The molecule has 0 amide bonds. The van der Waals surface area contributed by atoms with Gasteiger partial charge in [-0.05, 0) is 48.9 Å². The van der Waals surface area contributed by atoms with Crippen LogP contribution < -0.4 is 4.31 Å². The highest BCUT2D eigenvalue weighted by molar-refractivity contribution is 7.91. The van der Waals surface area contributed by atoms with Crippen molar-refractivity contribution in [2.45, 2.75) is 11.8 Å². The lowest BCUT2D eigenvalue weighted by Crippen LogP contribution is -2.22. The van der Waals surface area contributed by atoms with Crippen LogP contribution >= 0.6 is 11.3 Å². The minimum atomic E-state index is -3.96. The Balaban J connectivity index is 2.32. The molecule has 1 atom stereocenters. The highest BCUT2D eigenvalue weighted by atomic mass is 32.2. The molecule has 2 aromatic carbocycles. The Labute approximate surface area is 166 Å². The van der Waals surface area contributed by atoms with Crippen LogP contribution in [0.25, 0.3) is 10.1 Å². The number of hydrogen-bond donors (Lipinski definition) is 1. The van der Waals surface area contributed by atoms with Gasteiger partial charge in [0.15, 0.2) is 9.84 Å². The highest BCUT2D eigenvalue weighted by Gasteiger charge is 2.25. The number of hydrogen-bond acceptors (Lipinski definition) is 6. The second-order valence-corrected chi connectivity index (χ2v) is 9.76. The van der Waals surface area contributed by atoms with E-state index < -0.39 is 37.8 Å². The highest BCUT2D eigenvalue weighted by Crippen LogP contribution is 2.43. The Morgan fingerprint density at radius 3 is 2.50 bits per heavy atom. The Hall–Kier alpha value is -2.34. The Morgan fingerprint density at radius 1 is 1.25 bits per heavy atom. The van der Waals surface area contributed by atoms with E-state index in [9.17, 15) is 26.4 Å². The number of anilines is 2. The number of sulfone groups is 1. The topological polar surface area (TPSA) is 115 Å². The fraction of sp³-hybridized carbons (Fsp3) is 0.118. The van der Waals surface area contributed by atoms with Gasteiger partial charge in [-0.1, -0.05) is 0 Å². The molecule has 3 aromatic rings. The number of aromatic carboxylic acids is 1. The third-order valence-corrected chi connectivity index (χ3v) is 7.21. The Bertz CT molecular complexity index is 1240. The molecule has 0 saturated carbocycles. The van der Waals surface area contributed by atoms with Gasteiger partial charge in [0.05, 0.1) is 27.4 Å². The molecule has 148 valence electrons. The van der Waals surface area contributed by atoms with Gasteiger partial charge in [0.25, 0.3) is 0 Å². The normalized spacial score (nSPS) is 12.9. The third kappa shape index (κ3) is 3.65. The number of nitrogens with zero attached hydrogens (tertiary/aromatic N) is 1. The van der Waals surface area contributed by atoms with Gasteiger partial charge >= 0.3 is 5.97 Å². The van der Waals surface area contributed by atoms with Crippen molar-refractivity contribution >= 4 is 59.2 Å². The molecule has 11 heteroatoms.